The predicted octanol–water partition coefficient (Wildman–Crippen LogP) is 2.97. The maximum atomic E-state index is 12.2. The zero-order valence-corrected chi connectivity index (χ0v) is 17.6. The normalized spacial score (nSPS) is 16.2. The van der Waals surface area contributed by atoms with Crippen molar-refractivity contribution in [3.05, 3.63) is 0 Å². The van der Waals surface area contributed by atoms with Gasteiger partial charge in [0.05, 0.1) is 0 Å². The molecule has 7 heteroatoms. The van der Waals surface area contributed by atoms with Crippen LogP contribution in [0, 0.1) is 0 Å². The van der Waals surface area contributed by atoms with E-state index in [0.29, 0.717) is 25.2 Å². The van der Waals surface area contributed by atoms with E-state index >= 15 is 0 Å². The first-order chi connectivity index (χ1) is 10.3. The highest BCUT2D eigenvalue weighted by atomic mass is 127. The number of aliphatic imine (C=N–C) groups is 1. The van der Waals surface area contributed by atoms with Gasteiger partial charge in [-0.05, 0) is 47.0 Å². The second-order valence-electron chi connectivity index (χ2n) is 6.86. The molecular formula is C16H33IN4O2. The topological polar surface area (TPSA) is 66.0 Å². The number of hydrogen-bond acceptors (Lipinski definition) is 3. The van der Waals surface area contributed by atoms with E-state index in [0.717, 1.165) is 25.2 Å². The molecule has 136 valence electrons. The second-order valence-corrected chi connectivity index (χ2v) is 6.86. The van der Waals surface area contributed by atoms with Gasteiger partial charge in [-0.15, -0.1) is 24.0 Å². The van der Waals surface area contributed by atoms with E-state index < -0.39 is 5.60 Å². The summed E-state index contributed by atoms with van der Waals surface area (Å²) in [6, 6.07) is 0.706. The van der Waals surface area contributed by atoms with E-state index in [1.807, 2.05) is 25.7 Å². The van der Waals surface area contributed by atoms with Crippen molar-refractivity contribution in [3.8, 4) is 0 Å². The predicted molar refractivity (Wildman–Crippen MR) is 106 cm³/mol. The number of carbonyl (C=O) groups is 1. The number of guanidine groups is 1. The van der Waals surface area contributed by atoms with Crippen LogP contribution in [0.1, 0.15) is 53.9 Å². The van der Waals surface area contributed by atoms with Crippen LogP contribution in [-0.2, 0) is 4.74 Å². The standard InChI is InChI=1S/C16H32N4O2.HI/c1-7-12(2)19-14(17-6)18-10-11-20(13-8-9-13)15(21)22-16(3,4)5;/h12-13H,7-11H2,1-6H3,(H2,17,18,19);1H. The molecule has 1 saturated carbocycles. The van der Waals surface area contributed by atoms with Crippen LogP contribution in [0.2, 0.25) is 0 Å². The molecule has 1 aliphatic rings. The van der Waals surface area contributed by atoms with Gasteiger partial charge in [-0.3, -0.25) is 4.99 Å². The molecule has 0 aromatic rings. The number of nitrogens with one attached hydrogen (secondary N) is 2. The molecule has 0 saturated heterocycles. The Kier molecular flexibility index (Phi) is 9.88. The number of rotatable bonds is 6. The highest BCUT2D eigenvalue weighted by Crippen LogP contribution is 2.27. The number of amides is 1. The monoisotopic (exact) mass is 440 g/mol. The minimum absolute atomic E-state index is 0. The molecule has 0 spiro atoms. The van der Waals surface area contributed by atoms with Gasteiger partial charge >= 0.3 is 6.09 Å². The number of halogens is 1. The van der Waals surface area contributed by atoms with Crippen molar-refractivity contribution < 1.29 is 9.53 Å². The molecular weight excluding hydrogens is 407 g/mol. The van der Waals surface area contributed by atoms with Gasteiger partial charge < -0.3 is 20.3 Å². The lowest BCUT2D eigenvalue weighted by Gasteiger charge is -2.27. The maximum absolute atomic E-state index is 12.2. The van der Waals surface area contributed by atoms with Crippen molar-refractivity contribution in [2.24, 2.45) is 4.99 Å². The fourth-order valence-corrected chi connectivity index (χ4v) is 1.95. The van der Waals surface area contributed by atoms with E-state index in [1.54, 1.807) is 7.05 Å². The zero-order valence-electron chi connectivity index (χ0n) is 15.3. The molecule has 1 amide bonds. The molecule has 0 radical (unpaired) electrons. The van der Waals surface area contributed by atoms with E-state index in [1.165, 1.54) is 0 Å². The summed E-state index contributed by atoms with van der Waals surface area (Å²) in [4.78, 5) is 18.3. The number of nitrogens with zero attached hydrogens (tertiary/aromatic N) is 2. The van der Waals surface area contributed by atoms with Crippen LogP contribution in [0.5, 0.6) is 0 Å². The molecule has 1 fully saturated rings. The highest BCUT2D eigenvalue weighted by molar-refractivity contribution is 14.0. The van der Waals surface area contributed by atoms with Gasteiger partial charge in [-0.1, -0.05) is 6.92 Å². The Balaban J connectivity index is 0.00000484. The molecule has 6 nitrogen and oxygen atoms in total. The molecule has 23 heavy (non-hydrogen) atoms. The van der Waals surface area contributed by atoms with Gasteiger partial charge in [0.1, 0.15) is 5.60 Å². The zero-order chi connectivity index (χ0) is 16.8. The summed E-state index contributed by atoms with van der Waals surface area (Å²) in [5.74, 6) is 0.772. The highest BCUT2D eigenvalue weighted by Gasteiger charge is 2.34. The minimum Gasteiger partial charge on any atom is -0.444 e. The minimum atomic E-state index is -0.453. The van der Waals surface area contributed by atoms with Crippen molar-refractivity contribution in [2.45, 2.75) is 71.6 Å². The fourth-order valence-electron chi connectivity index (χ4n) is 1.95. The summed E-state index contributed by atoms with van der Waals surface area (Å²) in [7, 11) is 1.75. The molecule has 0 bridgehead atoms. The van der Waals surface area contributed by atoms with Crippen molar-refractivity contribution in [1.82, 2.24) is 15.5 Å². The molecule has 0 aromatic heterocycles. The molecule has 0 aliphatic heterocycles. The molecule has 2 N–H and O–H groups in total. The second kappa shape index (κ2) is 10.2. The first-order valence-corrected chi connectivity index (χ1v) is 8.23. The average molecular weight is 440 g/mol. The van der Waals surface area contributed by atoms with Crippen molar-refractivity contribution >= 4 is 36.0 Å². The van der Waals surface area contributed by atoms with Crippen LogP contribution < -0.4 is 10.6 Å². The summed E-state index contributed by atoms with van der Waals surface area (Å²) < 4.78 is 5.48. The third-order valence-electron chi connectivity index (χ3n) is 3.48. The molecule has 1 rings (SSSR count). The Labute approximate surface area is 157 Å². The van der Waals surface area contributed by atoms with Gasteiger partial charge in [0.15, 0.2) is 5.96 Å². The number of ether oxygens (including phenoxy) is 1. The van der Waals surface area contributed by atoms with Crippen LogP contribution in [0.4, 0.5) is 4.79 Å². The summed E-state index contributed by atoms with van der Waals surface area (Å²) in [6.45, 7) is 11.2. The van der Waals surface area contributed by atoms with Gasteiger partial charge in [0.25, 0.3) is 0 Å². The lowest BCUT2D eigenvalue weighted by atomic mass is 10.2. The van der Waals surface area contributed by atoms with Gasteiger partial charge in [0.2, 0.25) is 0 Å². The molecule has 0 aromatic carbocycles. The van der Waals surface area contributed by atoms with Crippen LogP contribution in [0.15, 0.2) is 4.99 Å². The lowest BCUT2D eigenvalue weighted by molar-refractivity contribution is 0.0238. The van der Waals surface area contributed by atoms with Gasteiger partial charge in [0, 0.05) is 32.2 Å². The van der Waals surface area contributed by atoms with Gasteiger partial charge in [-0.25, -0.2) is 4.79 Å². The Morgan fingerprint density at radius 1 is 1.39 bits per heavy atom. The summed E-state index contributed by atoms with van der Waals surface area (Å²) in [5.41, 5.74) is -0.453. The first-order valence-electron chi connectivity index (χ1n) is 8.23. The largest absolute Gasteiger partial charge is 0.444 e. The molecule has 1 unspecified atom stereocenters. The molecule has 1 atom stereocenters. The summed E-state index contributed by atoms with van der Waals surface area (Å²) >= 11 is 0. The van der Waals surface area contributed by atoms with E-state index in [2.05, 4.69) is 29.5 Å². The van der Waals surface area contributed by atoms with Crippen LogP contribution in [0.25, 0.3) is 0 Å². The third-order valence-corrected chi connectivity index (χ3v) is 3.48. The SMILES string of the molecule is CCC(C)NC(=NC)NCCN(C(=O)OC(C)(C)C)C1CC1.I. The Hall–Kier alpha value is -0.730. The first kappa shape index (κ1) is 22.3. The van der Waals surface area contributed by atoms with E-state index in [9.17, 15) is 4.79 Å². The Bertz CT molecular complexity index is 392. The van der Waals surface area contributed by atoms with Crippen molar-refractivity contribution in [1.29, 1.82) is 0 Å². The van der Waals surface area contributed by atoms with E-state index in [4.69, 9.17) is 4.74 Å². The fraction of sp³-hybridized carbons (Fsp3) is 0.875. The van der Waals surface area contributed by atoms with Crippen molar-refractivity contribution in [2.75, 3.05) is 20.1 Å². The maximum Gasteiger partial charge on any atom is 0.410 e. The average Bonchev–Trinajstić information content (AvgIpc) is 3.24. The van der Waals surface area contributed by atoms with Gasteiger partial charge in [-0.2, -0.15) is 0 Å². The van der Waals surface area contributed by atoms with Crippen LogP contribution >= 0.6 is 24.0 Å². The molecule has 0 heterocycles. The smallest absolute Gasteiger partial charge is 0.410 e. The molecule has 1 aliphatic carbocycles. The summed E-state index contributed by atoms with van der Waals surface area (Å²) in [6.07, 6.45) is 2.95. The van der Waals surface area contributed by atoms with E-state index in [-0.39, 0.29) is 30.1 Å². The van der Waals surface area contributed by atoms with Crippen molar-refractivity contribution in [3.63, 3.8) is 0 Å². The lowest BCUT2D eigenvalue weighted by Crippen LogP contribution is -2.46. The number of hydrogen-bond donors (Lipinski definition) is 2. The van der Waals surface area contributed by atoms with Crippen LogP contribution in [0.3, 0.4) is 0 Å². The Morgan fingerprint density at radius 2 is 2.00 bits per heavy atom. The quantitative estimate of drug-likeness (QED) is 0.379. The number of carbonyl (C=O) groups excluding carboxylic acids is 1. The third kappa shape index (κ3) is 9.22. The Morgan fingerprint density at radius 3 is 2.43 bits per heavy atom. The summed E-state index contributed by atoms with van der Waals surface area (Å²) in [5, 5.41) is 6.56. The van der Waals surface area contributed by atoms with Crippen LogP contribution in [-0.4, -0.2) is 54.8 Å².